The summed E-state index contributed by atoms with van der Waals surface area (Å²) in [6.07, 6.45) is 4.65. The first-order chi connectivity index (χ1) is 8.16. The molecule has 1 aromatic carbocycles. The summed E-state index contributed by atoms with van der Waals surface area (Å²) < 4.78 is 0. The SMILES string of the molecule is Cc1cc2c(c3cc(C(=O)O)[nH]c13)CCCC2. The molecule has 3 heteroatoms. The maximum atomic E-state index is 11.0. The van der Waals surface area contributed by atoms with E-state index in [-0.39, 0.29) is 0 Å². The van der Waals surface area contributed by atoms with E-state index in [1.165, 1.54) is 24.0 Å². The van der Waals surface area contributed by atoms with Crippen LogP contribution in [0.2, 0.25) is 0 Å². The molecule has 1 heterocycles. The van der Waals surface area contributed by atoms with E-state index in [1.54, 1.807) is 6.07 Å². The standard InChI is InChI=1S/C14H15NO2/c1-8-6-9-4-2-3-5-10(9)11-7-12(14(16)17)15-13(8)11/h6-7,15H,2-5H2,1H3,(H,16,17). The van der Waals surface area contributed by atoms with Crippen LogP contribution < -0.4 is 0 Å². The van der Waals surface area contributed by atoms with E-state index in [1.807, 2.05) is 6.92 Å². The number of H-pyrrole nitrogens is 1. The van der Waals surface area contributed by atoms with Gasteiger partial charge in [-0.25, -0.2) is 4.79 Å². The molecule has 1 aliphatic carbocycles. The Morgan fingerprint density at radius 2 is 2.06 bits per heavy atom. The van der Waals surface area contributed by atoms with Crippen LogP contribution in [0, 0.1) is 6.92 Å². The maximum Gasteiger partial charge on any atom is 0.352 e. The summed E-state index contributed by atoms with van der Waals surface area (Å²) in [6, 6.07) is 3.99. The van der Waals surface area contributed by atoms with Crippen molar-refractivity contribution in [3.63, 3.8) is 0 Å². The molecular formula is C14H15NO2. The Bertz CT molecular complexity index is 610. The van der Waals surface area contributed by atoms with Gasteiger partial charge in [0.15, 0.2) is 0 Å². The number of benzene rings is 1. The molecule has 0 saturated carbocycles. The minimum Gasteiger partial charge on any atom is -0.477 e. The third kappa shape index (κ3) is 1.54. The van der Waals surface area contributed by atoms with Crippen molar-refractivity contribution in [1.82, 2.24) is 4.98 Å². The highest BCUT2D eigenvalue weighted by Crippen LogP contribution is 2.31. The van der Waals surface area contributed by atoms with Crippen LogP contribution in [-0.4, -0.2) is 16.1 Å². The van der Waals surface area contributed by atoms with Crippen LogP contribution in [0.1, 0.15) is 40.0 Å². The van der Waals surface area contributed by atoms with Gasteiger partial charge in [0.05, 0.1) is 0 Å². The van der Waals surface area contributed by atoms with Crippen molar-refractivity contribution in [2.75, 3.05) is 0 Å². The summed E-state index contributed by atoms with van der Waals surface area (Å²) in [5.74, 6) is -0.884. The molecule has 0 radical (unpaired) electrons. The lowest BCUT2D eigenvalue weighted by atomic mass is 9.88. The number of fused-ring (bicyclic) bond motifs is 3. The molecule has 0 amide bonds. The molecule has 1 aromatic heterocycles. The summed E-state index contributed by atoms with van der Waals surface area (Å²) in [6.45, 7) is 2.04. The van der Waals surface area contributed by atoms with Gasteiger partial charge in [-0.15, -0.1) is 0 Å². The van der Waals surface area contributed by atoms with E-state index in [4.69, 9.17) is 5.11 Å². The number of carbonyl (C=O) groups is 1. The van der Waals surface area contributed by atoms with Crippen molar-refractivity contribution < 1.29 is 9.90 Å². The molecule has 0 aliphatic heterocycles. The Balaban J connectivity index is 2.32. The fraction of sp³-hybridized carbons (Fsp3) is 0.357. The van der Waals surface area contributed by atoms with Crippen LogP contribution in [0.5, 0.6) is 0 Å². The summed E-state index contributed by atoms with van der Waals surface area (Å²) in [7, 11) is 0. The molecule has 0 bridgehead atoms. The molecule has 2 aromatic rings. The highest BCUT2D eigenvalue weighted by atomic mass is 16.4. The Hall–Kier alpha value is -1.77. The van der Waals surface area contributed by atoms with Crippen LogP contribution in [0.4, 0.5) is 0 Å². The molecule has 1 aliphatic rings. The Morgan fingerprint density at radius 1 is 1.29 bits per heavy atom. The van der Waals surface area contributed by atoms with Gasteiger partial charge in [0, 0.05) is 10.9 Å². The number of rotatable bonds is 1. The van der Waals surface area contributed by atoms with Gasteiger partial charge in [0.1, 0.15) is 5.69 Å². The highest BCUT2D eigenvalue weighted by molar-refractivity contribution is 5.96. The monoisotopic (exact) mass is 229 g/mol. The van der Waals surface area contributed by atoms with Gasteiger partial charge in [-0.3, -0.25) is 0 Å². The maximum absolute atomic E-state index is 11.0. The van der Waals surface area contributed by atoms with Crippen molar-refractivity contribution in [1.29, 1.82) is 0 Å². The second kappa shape index (κ2) is 3.62. The summed E-state index contributed by atoms with van der Waals surface area (Å²) in [5, 5.41) is 10.2. The zero-order chi connectivity index (χ0) is 12.0. The fourth-order valence-corrected chi connectivity index (χ4v) is 2.85. The lowest BCUT2D eigenvalue weighted by Gasteiger charge is -2.17. The number of aromatic carboxylic acids is 1. The first kappa shape index (κ1) is 10.4. The van der Waals surface area contributed by atoms with Crippen molar-refractivity contribution in [3.05, 3.63) is 34.5 Å². The van der Waals surface area contributed by atoms with Crippen LogP contribution in [0.25, 0.3) is 10.9 Å². The molecule has 3 nitrogen and oxygen atoms in total. The van der Waals surface area contributed by atoms with E-state index in [2.05, 4.69) is 11.1 Å². The number of carboxylic acid groups (broad SMARTS) is 1. The average molecular weight is 229 g/mol. The second-order valence-corrected chi connectivity index (χ2v) is 4.82. The molecule has 0 fully saturated rings. The molecule has 0 atom stereocenters. The predicted molar refractivity (Wildman–Crippen MR) is 66.6 cm³/mol. The molecule has 2 N–H and O–H groups in total. The number of aryl methyl sites for hydroxylation is 3. The number of hydrogen-bond acceptors (Lipinski definition) is 1. The highest BCUT2D eigenvalue weighted by Gasteiger charge is 2.17. The van der Waals surface area contributed by atoms with Gasteiger partial charge < -0.3 is 10.1 Å². The van der Waals surface area contributed by atoms with Gasteiger partial charge in [-0.05, 0) is 55.4 Å². The van der Waals surface area contributed by atoms with Crippen LogP contribution in [-0.2, 0) is 12.8 Å². The van der Waals surface area contributed by atoms with Gasteiger partial charge in [-0.2, -0.15) is 0 Å². The van der Waals surface area contributed by atoms with Crippen molar-refractivity contribution in [3.8, 4) is 0 Å². The first-order valence-corrected chi connectivity index (χ1v) is 6.04. The fourth-order valence-electron chi connectivity index (χ4n) is 2.85. The van der Waals surface area contributed by atoms with Gasteiger partial charge >= 0.3 is 5.97 Å². The third-order valence-electron chi connectivity index (χ3n) is 3.67. The lowest BCUT2D eigenvalue weighted by Crippen LogP contribution is -2.03. The molecule has 0 unspecified atom stereocenters. The van der Waals surface area contributed by atoms with Crippen LogP contribution >= 0.6 is 0 Å². The van der Waals surface area contributed by atoms with Crippen molar-refractivity contribution >= 4 is 16.9 Å². The molecular weight excluding hydrogens is 214 g/mol. The van der Waals surface area contributed by atoms with E-state index in [0.717, 1.165) is 29.3 Å². The first-order valence-electron chi connectivity index (χ1n) is 6.04. The molecule has 0 saturated heterocycles. The number of nitrogens with one attached hydrogen (secondary N) is 1. The normalized spacial score (nSPS) is 14.9. The minimum absolute atomic E-state index is 0.294. The smallest absolute Gasteiger partial charge is 0.352 e. The van der Waals surface area contributed by atoms with Crippen LogP contribution in [0.3, 0.4) is 0 Å². The van der Waals surface area contributed by atoms with Crippen molar-refractivity contribution in [2.24, 2.45) is 0 Å². The third-order valence-corrected chi connectivity index (χ3v) is 3.67. The summed E-state index contributed by atoms with van der Waals surface area (Å²) in [4.78, 5) is 14.0. The minimum atomic E-state index is -0.884. The average Bonchev–Trinajstić information content (AvgIpc) is 2.75. The Kier molecular flexibility index (Phi) is 2.21. The number of carboxylic acids is 1. The summed E-state index contributed by atoms with van der Waals surface area (Å²) in [5.41, 5.74) is 5.18. The lowest BCUT2D eigenvalue weighted by molar-refractivity contribution is 0.0691. The number of hydrogen-bond donors (Lipinski definition) is 2. The van der Waals surface area contributed by atoms with Gasteiger partial charge in [0.25, 0.3) is 0 Å². The zero-order valence-corrected chi connectivity index (χ0v) is 9.84. The van der Waals surface area contributed by atoms with E-state index < -0.39 is 5.97 Å². The Labute approximate surface area is 99.5 Å². The second-order valence-electron chi connectivity index (χ2n) is 4.82. The molecule has 3 rings (SSSR count). The molecule has 0 spiro atoms. The quantitative estimate of drug-likeness (QED) is 0.789. The predicted octanol–water partition coefficient (Wildman–Crippen LogP) is 3.05. The number of aromatic amines is 1. The largest absolute Gasteiger partial charge is 0.477 e. The Morgan fingerprint density at radius 3 is 2.82 bits per heavy atom. The number of aromatic nitrogens is 1. The molecule has 88 valence electrons. The zero-order valence-electron chi connectivity index (χ0n) is 9.84. The van der Waals surface area contributed by atoms with Crippen molar-refractivity contribution in [2.45, 2.75) is 32.6 Å². The van der Waals surface area contributed by atoms with E-state index in [0.29, 0.717) is 5.69 Å². The van der Waals surface area contributed by atoms with Crippen LogP contribution in [0.15, 0.2) is 12.1 Å². The topological polar surface area (TPSA) is 53.1 Å². The summed E-state index contributed by atoms with van der Waals surface area (Å²) >= 11 is 0. The van der Waals surface area contributed by atoms with E-state index in [9.17, 15) is 4.79 Å². The van der Waals surface area contributed by atoms with E-state index >= 15 is 0 Å². The molecule has 17 heavy (non-hydrogen) atoms. The van der Waals surface area contributed by atoms with Gasteiger partial charge in [0.2, 0.25) is 0 Å². The van der Waals surface area contributed by atoms with Gasteiger partial charge in [-0.1, -0.05) is 6.07 Å².